The van der Waals surface area contributed by atoms with Crippen LogP contribution in [-0.2, 0) is 18.1 Å². The first-order valence-corrected chi connectivity index (χ1v) is 13.1. The third-order valence-corrected chi connectivity index (χ3v) is 9.85. The van der Waals surface area contributed by atoms with Gasteiger partial charge in [-0.2, -0.15) is 0 Å². The minimum absolute atomic E-state index is 0.0370. The molecule has 3 atom stereocenters. The average Bonchev–Trinajstić information content (AvgIpc) is 2.47. The molecule has 0 spiro atoms. The maximum absolute atomic E-state index is 12.5. The van der Waals surface area contributed by atoms with Crippen molar-refractivity contribution in [3.05, 3.63) is 0 Å². The number of alkyl halides is 6. The summed E-state index contributed by atoms with van der Waals surface area (Å²) in [7, 11) is -3.57. The number of phosphoric ester groups is 1. The van der Waals surface area contributed by atoms with Gasteiger partial charge in [-0.1, -0.05) is 95.6 Å². The van der Waals surface area contributed by atoms with Gasteiger partial charge in [0, 0.05) is 30.5 Å². The van der Waals surface area contributed by atoms with Crippen LogP contribution < -0.4 is 0 Å². The quantitative estimate of drug-likeness (QED) is 0.196. The van der Waals surface area contributed by atoms with Crippen molar-refractivity contribution in [3.8, 4) is 0 Å². The predicted octanol–water partition coefficient (Wildman–Crippen LogP) is 5.62. The van der Waals surface area contributed by atoms with Gasteiger partial charge in [0.2, 0.25) is 0 Å². The van der Waals surface area contributed by atoms with Crippen molar-refractivity contribution >= 4 is 103 Å². The predicted molar refractivity (Wildman–Crippen MR) is 105 cm³/mol. The maximum Gasteiger partial charge on any atom is 0.474 e. The van der Waals surface area contributed by atoms with Crippen molar-refractivity contribution in [3.63, 3.8) is 0 Å². The highest BCUT2D eigenvalue weighted by atomic mass is 79.9. The Balaban J connectivity index is 4.45. The number of phosphoric acid groups is 1. The molecule has 122 valence electrons. The zero-order valence-electron chi connectivity index (χ0n) is 10.3. The molecular weight excluding hydrogens is 682 g/mol. The van der Waals surface area contributed by atoms with Gasteiger partial charge in [0.1, 0.15) is 0 Å². The van der Waals surface area contributed by atoms with Gasteiger partial charge in [0.05, 0.1) is 19.8 Å². The molecule has 0 radical (unpaired) electrons. The van der Waals surface area contributed by atoms with E-state index in [0.29, 0.717) is 16.0 Å². The van der Waals surface area contributed by atoms with Crippen LogP contribution in [0.15, 0.2) is 0 Å². The van der Waals surface area contributed by atoms with Gasteiger partial charge in [0.25, 0.3) is 0 Å². The van der Waals surface area contributed by atoms with Gasteiger partial charge < -0.3 is 0 Å². The topological polar surface area (TPSA) is 44.8 Å². The Hall–Kier alpha value is 2.99. The number of hydrogen-bond acceptors (Lipinski definition) is 4. The third kappa shape index (κ3) is 11.5. The molecule has 0 heterocycles. The molecule has 0 aromatic rings. The van der Waals surface area contributed by atoms with Crippen molar-refractivity contribution in [2.24, 2.45) is 0 Å². The highest BCUT2D eigenvalue weighted by molar-refractivity contribution is 9.12. The normalized spacial score (nSPS) is 16.9. The molecule has 0 rings (SSSR count). The molecule has 4 nitrogen and oxygen atoms in total. The van der Waals surface area contributed by atoms with E-state index < -0.39 is 7.82 Å². The summed E-state index contributed by atoms with van der Waals surface area (Å²) in [4.78, 5) is 0.111. The molecule has 0 aromatic carbocycles. The second-order valence-electron chi connectivity index (χ2n) is 3.59. The molecule has 0 aliphatic heterocycles. The Bertz CT molecular complexity index is 255. The SMILES string of the molecule is O=P(OC[C@@H](Br)CBr)(OC[C@@H](Br)CBr)OC[C@@H](Br)CBr. The first-order valence-electron chi connectivity index (χ1n) is 5.50. The van der Waals surface area contributed by atoms with E-state index in [1.807, 2.05) is 0 Å². The molecule has 11 heteroatoms. The number of rotatable bonds is 12. The van der Waals surface area contributed by atoms with E-state index in [4.69, 9.17) is 13.6 Å². The summed E-state index contributed by atoms with van der Waals surface area (Å²) in [6.07, 6.45) is 0. The van der Waals surface area contributed by atoms with Gasteiger partial charge in [0.15, 0.2) is 0 Å². The summed E-state index contributed by atoms with van der Waals surface area (Å²) in [5.41, 5.74) is 0. The summed E-state index contributed by atoms with van der Waals surface area (Å²) in [6, 6.07) is 0. The van der Waals surface area contributed by atoms with Crippen molar-refractivity contribution in [2.45, 2.75) is 14.5 Å². The maximum atomic E-state index is 12.5. The Morgan fingerprint density at radius 2 is 0.950 bits per heavy atom. The van der Waals surface area contributed by atoms with Gasteiger partial charge in [-0.3, -0.25) is 13.6 Å². The molecule has 0 fully saturated rings. The molecule has 0 saturated heterocycles. The number of hydrogen-bond donors (Lipinski definition) is 0. The highest BCUT2D eigenvalue weighted by Crippen LogP contribution is 2.50. The lowest BCUT2D eigenvalue weighted by Crippen LogP contribution is -2.17. The molecule has 0 saturated carbocycles. The largest absolute Gasteiger partial charge is 0.474 e. The van der Waals surface area contributed by atoms with Crippen LogP contribution in [0.4, 0.5) is 0 Å². The number of halogens is 6. The Morgan fingerprint density at radius 1 is 0.700 bits per heavy atom. The van der Waals surface area contributed by atoms with Crippen LogP contribution in [0.1, 0.15) is 0 Å². The molecule has 0 aliphatic rings. The van der Waals surface area contributed by atoms with E-state index in [2.05, 4.69) is 95.6 Å². The fourth-order valence-electron chi connectivity index (χ4n) is 0.762. The first-order chi connectivity index (χ1) is 9.36. The van der Waals surface area contributed by atoms with E-state index in [9.17, 15) is 4.57 Å². The Kier molecular flexibility index (Phi) is 15.3. The molecule has 0 amide bonds. The Morgan fingerprint density at radius 3 is 1.15 bits per heavy atom. The van der Waals surface area contributed by atoms with E-state index in [0.717, 1.165) is 0 Å². The average molecular weight is 698 g/mol. The minimum atomic E-state index is -3.57. The second-order valence-corrected chi connectivity index (χ2v) is 11.1. The molecule has 0 aliphatic carbocycles. The minimum Gasteiger partial charge on any atom is -0.286 e. The Labute approximate surface area is 170 Å². The summed E-state index contributed by atoms with van der Waals surface area (Å²) in [5.74, 6) is 0. The third-order valence-electron chi connectivity index (χ3n) is 1.74. The van der Waals surface area contributed by atoms with E-state index >= 15 is 0 Å². The molecule has 0 N–H and O–H groups in total. The lowest BCUT2D eigenvalue weighted by molar-refractivity contribution is 0.118. The monoisotopic (exact) mass is 692 g/mol. The van der Waals surface area contributed by atoms with Crippen LogP contribution in [0, 0.1) is 0 Å². The van der Waals surface area contributed by atoms with E-state index in [1.54, 1.807) is 0 Å². The molecule has 0 bridgehead atoms. The van der Waals surface area contributed by atoms with Crippen LogP contribution in [0.2, 0.25) is 0 Å². The lowest BCUT2D eigenvalue weighted by Gasteiger charge is -2.21. The van der Waals surface area contributed by atoms with Crippen molar-refractivity contribution in [1.82, 2.24) is 0 Å². The van der Waals surface area contributed by atoms with Crippen molar-refractivity contribution < 1.29 is 18.1 Å². The fraction of sp³-hybridized carbons (Fsp3) is 1.00. The van der Waals surface area contributed by atoms with Crippen LogP contribution in [0.5, 0.6) is 0 Å². The lowest BCUT2D eigenvalue weighted by atomic mass is 10.5. The highest BCUT2D eigenvalue weighted by Gasteiger charge is 2.29. The van der Waals surface area contributed by atoms with Crippen molar-refractivity contribution in [1.29, 1.82) is 0 Å². The van der Waals surface area contributed by atoms with Crippen molar-refractivity contribution in [2.75, 3.05) is 35.8 Å². The first kappa shape index (κ1) is 23.0. The van der Waals surface area contributed by atoms with Crippen LogP contribution in [0.25, 0.3) is 0 Å². The summed E-state index contributed by atoms with van der Waals surface area (Å²) >= 11 is 20.0. The zero-order chi connectivity index (χ0) is 15.6. The smallest absolute Gasteiger partial charge is 0.286 e. The standard InChI is InChI=1S/C9H15Br6O4P/c10-1-7(13)4-17-20(16,18-5-8(14)2-11)19-6-9(15)3-12/h7-9H,1-6H2/t7-,8-,9-/m0/s1. The molecular formula is C9H15Br6O4P. The van der Waals surface area contributed by atoms with Crippen LogP contribution in [0.3, 0.4) is 0 Å². The van der Waals surface area contributed by atoms with Crippen LogP contribution in [-0.4, -0.2) is 50.3 Å². The molecule has 0 aromatic heterocycles. The molecule has 0 unspecified atom stereocenters. The van der Waals surface area contributed by atoms with Gasteiger partial charge in [-0.05, 0) is 0 Å². The fourth-order valence-corrected chi connectivity index (χ4v) is 3.64. The molecule has 20 heavy (non-hydrogen) atoms. The second kappa shape index (κ2) is 13.3. The van der Waals surface area contributed by atoms with Crippen LogP contribution >= 0.6 is 103 Å². The summed E-state index contributed by atoms with van der Waals surface area (Å²) in [6.45, 7) is 0.682. The summed E-state index contributed by atoms with van der Waals surface area (Å²) in [5, 5.41) is 2.04. The zero-order valence-corrected chi connectivity index (χ0v) is 20.7. The van der Waals surface area contributed by atoms with E-state index in [-0.39, 0.29) is 34.3 Å². The van der Waals surface area contributed by atoms with Gasteiger partial charge in [-0.25, -0.2) is 4.57 Å². The summed E-state index contributed by atoms with van der Waals surface area (Å²) < 4.78 is 28.5. The van der Waals surface area contributed by atoms with Gasteiger partial charge >= 0.3 is 7.82 Å². The van der Waals surface area contributed by atoms with Gasteiger partial charge in [-0.15, -0.1) is 0 Å². The van der Waals surface area contributed by atoms with E-state index in [1.165, 1.54) is 0 Å².